The van der Waals surface area contributed by atoms with Crippen molar-refractivity contribution in [2.24, 2.45) is 0 Å². The van der Waals surface area contributed by atoms with Crippen molar-refractivity contribution in [3.63, 3.8) is 0 Å². The van der Waals surface area contributed by atoms with Crippen molar-refractivity contribution in [2.75, 3.05) is 5.32 Å². The third-order valence-electron chi connectivity index (χ3n) is 5.01. The van der Waals surface area contributed by atoms with Gasteiger partial charge in [-0.3, -0.25) is 4.79 Å². The van der Waals surface area contributed by atoms with Crippen LogP contribution in [0.2, 0.25) is 0 Å². The van der Waals surface area contributed by atoms with Crippen LogP contribution in [0.25, 0.3) is 28.3 Å². The smallest absolute Gasteiger partial charge is 0.255 e. The fourth-order valence-electron chi connectivity index (χ4n) is 3.51. The van der Waals surface area contributed by atoms with Gasteiger partial charge in [0.05, 0.1) is 23.3 Å². The van der Waals surface area contributed by atoms with Gasteiger partial charge in [0.25, 0.3) is 5.91 Å². The zero-order chi connectivity index (χ0) is 21.9. The van der Waals surface area contributed by atoms with E-state index in [2.05, 4.69) is 20.6 Å². The van der Waals surface area contributed by atoms with E-state index in [4.69, 9.17) is 4.52 Å². The van der Waals surface area contributed by atoms with Gasteiger partial charge < -0.3 is 9.84 Å². The molecule has 3 aromatic carbocycles. The van der Waals surface area contributed by atoms with Crippen LogP contribution in [0.3, 0.4) is 0 Å². The average Bonchev–Trinajstić information content (AvgIpc) is 3.49. The van der Waals surface area contributed by atoms with E-state index < -0.39 is 0 Å². The Labute approximate surface area is 184 Å². The molecular weight excluding hydrogens is 402 g/mol. The number of nitrogens with zero attached hydrogens (tertiary/aromatic N) is 4. The molecule has 0 spiro atoms. The Morgan fingerprint density at radius 1 is 0.938 bits per heavy atom. The number of benzene rings is 3. The number of amides is 1. The highest BCUT2D eigenvalue weighted by Crippen LogP contribution is 2.27. The molecule has 5 aromatic rings. The Kier molecular flexibility index (Phi) is 5.05. The van der Waals surface area contributed by atoms with Crippen molar-refractivity contribution < 1.29 is 9.32 Å². The first-order valence-corrected chi connectivity index (χ1v) is 10.1. The summed E-state index contributed by atoms with van der Waals surface area (Å²) in [5.41, 5.74) is 4.59. The van der Waals surface area contributed by atoms with Crippen molar-refractivity contribution in [2.45, 2.75) is 6.92 Å². The highest BCUT2D eigenvalue weighted by Gasteiger charge is 2.15. The molecule has 1 N–H and O–H groups in total. The van der Waals surface area contributed by atoms with E-state index in [-0.39, 0.29) is 5.91 Å². The third kappa shape index (κ3) is 3.79. The summed E-state index contributed by atoms with van der Waals surface area (Å²) in [5, 5.41) is 11.4. The Hall–Kier alpha value is -4.52. The normalized spacial score (nSPS) is 10.8. The minimum atomic E-state index is -0.243. The van der Waals surface area contributed by atoms with E-state index in [9.17, 15) is 4.79 Å². The van der Waals surface area contributed by atoms with Crippen LogP contribution < -0.4 is 5.32 Å². The highest BCUT2D eigenvalue weighted by atomic mass is 16.5. The third-order valence-corrected chi connectivity index (χ3v) is 5.01. The van der Waals surface area contributed by atoms with E-state index in [1.165, 1.54) is 0 Å². The topological polar surface area (TPSA) is 85.8 Å². The lowest BCUT2D eigenvalue weighted by atomic mass is 10.1. The van der Waals surface area contributed by atoms with Gasteiger partial charge in [-0.05, 0) is 36.4 Å². The van der Waals surface area contributed by atoms with E-state index >= 15 is 0 Å². The van der Waals surface area contributed by atoms with Gasteiger partial charge in [0.1, 0.15) is 0 Å². The Bertz CT molecular complexity index is 1390. The van der Waals surface area contributed by atoms with Gasteiger partial charge in [0.15, 0.2) is 0 Å². The van der Waals surface area contributed by atoms with Crippen molar-refractivity contribution in [3.8, 4) is 28.3 Å². The summed E-state index contributed by atoms with van der Waals surface area (Å²) in [6.07, 6.45) is 1.75. The van der Waals surface area contributed by atoms with Crippen LogP contribution in [0, 0.1) is 6.92 Å². The number of aryl methyl sites for hydroxylation is 1. The largest absolute Gasteiger partial charge is 0.339 e. The summed E-state index contributed by atoms with van der Waals surface area (Å²) >= 11 is 0. The van der Waals surface area contributed by atoms with Gasteiger partial charge in [-0.15, -0.1) is 0 Å². The fourth-order valence-corrected chi connectivity index (χ4v) is 3.51. The second-order valence-corrected chi connectivity index (χ2v) is 7.18. The Morgan fingerprint density at radius 2 is 1.75 bits per heavy atom. The predicted octanol–water partition coefficient (Wildman–Crippen LogP) is 5.15. The maximum atomic E-state index is 13.1. The second kappa shape index (κ2) is 8.31. The number of hydrogen-bond acceptors (Lipinski definition) is 5. The molecule has 32 heavy (non-hydrogen) atoms. The minimum absolute atomic E-state index is 0.243. The predicted molar refractivity (Wildman–Crippen MR) is 121 cm³/mol. The monoisotopic (exact) mass is 421 g/mol. The molecule has 0 aliphatic heterocycles. The molecule has 2 aromatic heterocycles. The van der Waals surface area contributed by atoms with Crippen LogP contribution in [0.5, 0.6) is 0 Å². The molecule has 0 bridgehead atoms. The quantitative estimate of drug-likeness (QED) is 0.424. The van der Waals surface area contributed by atoms with Crippen LogP contribution >= 0.6 is 0 Å². The first-order chi connectivity index (χ1) is 15.7. The van der Waals surface area contributed by atoms with Gasteiger partial charge in [-0.2, -0.15) is 10.1 Å². The van der Waals surface area contributed by atoms with Gasteiger partial charge in [-0.25, -0.2) is 4.68 Å². The van der Waals surface area contributed by atoms with Crippen LogP contribution in [0.1, 0.15) is 16.2 Å². The number of carbonyl (C=O) groups is 1. The van der Waals surface area contributed by atoms with Crippen LogP contribution in [-0.4, -0.2) is 25.8 Å². The molecule has 0 saturated carbocycles. The number of nitrogens with one attached hydrogen (secondary N) is 1. The summed E-state index contributed by atoms with van der Waals surface area (Å²) in [4.78, 5) is 17.3. The fraction of sp³-hybridized carbons (Fsp3) is 0.0400. The van der Waals surface area contributed by atoms with E-state index in [0.717, 1.165) is 16.9 Å². The lowest BCUT2D eigenvalue weighted by Crippen LogP contribution is -2.13. The zero-order valence-electron chi connectivity index (χ0n) is 17.3. The van der Waals surface area contributed by atoms with Crippen molar-refractivity contribution in [1.29, 1.82) is 0 Å². The van der Waals surface area contributed by atoms with Crippen LogP contribution in [-0.2, 0) is 0 Å². The number of aromatic nitrogens is 4. The van der Waals surface area contributed by atoms with Crippen LogP contribution in [0.15, 0.2) is 95.6 Å². The molecule has 0 aliphatic rings. The number of para-hydroxylation sites is 1. The average molecular weight is 421 g/mol. The zero-order valence-corrected chi connectivity index (χ0v) is 17.3. The highest BCUT2D eigenvalue weighted by molar-refractivity contribution is 6.06. The molecule has 156 valence electrons. The summed E-state index contributed by atoms with van der Waals surface area (Å²) in [5.74, 6) is 0.645. The molecular formula is C25H19N5O2. The molecule has 0 saturated heterocycles. The van der Waals surface area contributed by atoms with Gasteiger partial charge in [-0.1, -0.05) is 53.7 Å². The number of hydrogen-bond donors (Lipinski definition) is 1. The molecule has 0 fully saturated rings. The maximum Gasteiger partial charge on any atom is 0.255 e. The van der Waals surface area contributed by atoms with E-state index in [1.807, 2.05) is 83.5 Å². The van der Waals surface area contributed by atoms with Gasteiger partial charge in [0.2, 0.25) is 11.7 Å². The molecule has 7 heteroatoms. The molecule has 2 heterocycles. The molecule has 1 amide bonds. The van der Waals surface area contributed by atoms with Crippen LogP contribution in [0.4, 0.5) is 5.69 Å². The first kappa shape index (κ1) is 19.4. The van der Waals surface area contributed by atoms with E-state index in [0.29, 0.717) is 28.5 Å². The van der Waals surface area contributed by atoms with Crippen molar-refractivity contribution in [3.05, 3.63) is 103 Å². The summed E-state index contributed by atoms with van der Waals surface area (Å²) in [6, 6.07) is 26.7. The molecule has 0 atom stereocenters. The molecule has 0 radical (unpaired) electrons. The number of carbonyl (C=O) groups excluding carboxylic acids is 1. The first-order valence-electron chi connectivity index (χ1n) is 10.1. The molecule has 7 nitrogen and oxygen atoms in total. The van der Waals surface area contributed by atoms with Crippen molar-refractivity contribution in [1.82, 2.24) is 19.9 Å². The lowest BCUT2D eigenvalue weighted by molar-refractivity contribution is 0.102. The number of anilines is 1. The SMILES string of the molecule is Cc1nc(-c2ccccc2NC(=O)c2cccc(-n3nccc3-c3ccccc3)c2)no1. The second-order valence-electron chi connectivity index (χ2n) is 7.18. The summed E-state index contributed by atoms with van der Waals surface area (Å²) < 4.78 is 6.91. The summed E-state index contributed by atoms with van der Waals surface area (Å²) in [6.45, 7) is 1.72. The standard InChI is InChI=1S/C25H19N5O2/c1-17-27-24(29-32-17)21-12-5-6-13-22(21)28-25(31)19-10-7-11-20(16-19)30-23(14-15-26-30)18-8-3-2-4-9-18/h2-16H,1H3,(H,28,31). The number of rotatable bonds is 5. The maximum absolute atomic E-state index is 13.1. The molecule has 5 rings (SSSR count). The molecule has 0 aliphatic carbocycles. The summed E-state index contributed by atoms with van der Waals surface area (Å²) in [7, 11) is 0. The van der Waals surface area contributed by atoms with Gasteiger partial charge >= 0.3 is 0 Å². The Morgan fingerprint density at radius 3 is 2.56 bits per heavy atom. The minimum Gasteiger partial charge on any atom is -0.339 e. The Balaban J connectivity index is 1.45. The van der Waals surface area contributed by atoms with Crippen molar-refractivity contribution >= 4 is 11.6 Å². The lowest BCUT2D eigenvalue weighted by Gasteiger charge is -2.11. The van der Waals surface area contributed by atoms with E-state index in [1.54, 1.807) is 19.2 Å². The molecule has 0 unspecified atom stereocenters. The van der Waals surface area contributed by atoms with Gasteiger partial charge in [0, 0.05) is 23.6 Å².